The molecule has 21 heavy (non-hydrogen) atoms. The van der Waals surface area contributed by atoms with Crippen molar-refractivity contribution in [3.63, 3.8) is 0 Å². The standard InChI is InChI=1S/C17H23ClFNO/c1-3-5-14(4-2)10-11-20(17(21)12-18)13-15-6-8-16(19)9-7-15/h3,6-9,14H,1,4-5,10-13H2,2H3. The molecule has 0 N–H and O–H groups in total. The summed E-state index contributed by atoms with van der Waals surface area (Å²) in [5.74, 6) is 0.140. The minimum Gasteiger partial charge on any atom is -0.337 e. The molecule has 1 atom stereocenters. The maximum atomic E-state index is 12.9. The predicted molar refractivity (Wildman–Crippen MR) is 85.7 cm³/mol. The lowest BCUT2D eigenvalue weighted by Gasteiger charge is -2.24. The van der Waals surface area contributed by atoms with E-state index in [-0.39, 0.29) is 17.6 Å². The van der Waals surface area contributed by atoms with Gasteiger partial charge in [-0.3, -0.25) is 4.79 Å². The molecule has 0 saturated carbocycles. The molecule has 0 saturated heterocycles. The van der Waals surface area contributed by atoms with Gasteiger partial charge in [-0.05, 0) is 36.5 Å². The summed E-state index contributed by atoms with van der Waals surface area (Å²) in [7, 11) is 0. The lowest BCUT2D eigenvalue weighted by atomic mass is 9.98. The van der Waals surface area contributed by atoms with Crippen LogP contribution in [0, 0.1) is 11.7 Å². The molecule has 2 nitrogen and oxygen atoms in total. The lowest BCUT2D eigenvalue weighted by Crippen LogP contribution is -2.33. The van der Waals surface area contributed by atoms with Gasteiger partial charge in [0, 0.05) is 13.1 Å². The minimum atomic E-state index is -0.272. The summed E-state index contributed by atoms with van der Waals surface area (Å²) in [6.45, 7) is 7.04. The first kappa shape index (κ1) is 17.7. The molecule has 0 spiro atoms. The fourth-order valence-corrected chi connectivity index (χ4v) is 2.42. The molecule has 0 aliphatic rings. The van der Waals surface area contributed by atoms with Gasteiger partial charge in [-0.15, -0.1) is 18.2 Å². The topological polar surface area (TPSA) is 20.3 Å². The van der Waals surface area contributed by atoms with Crippen molar-refractivity contribution < 1.29 is 9.18 Å². The van der Waals surface area contributed by atoms with Crippen LogP contribution in [0.5, 0.6) is 0 Å². The highest BCUT2D eigenvalue weighted by Gasteiger charge is 2.15. The maximum Gasteiger partial charge on any atom is 0.237 e. The van der Waals surface area contributed by atoms with Crippen molar-refractivity contribution in [3.8, 4) is 0 Å². The molecule has 0 bridgehead atoms. The zero-order valence-electron chi connectivity index (χ0n) is 12.5. The van der Waals surface area contributed by atoms with E-state index in [4.69, 9.17) is 11.6 Å². The Bertz CT molecular complexity index is 447. The second kappa shape index (κ2) is 9.56. The molecular weight excluding hydrogens is 289 g/mol. The predicted octanol–water partition coefficient (Wildman–Crippen LogP) is 4.39. The number of carbonyl (C=O) groups excluding carboxylic acids is 1. The van der Waals surface area contributed by atoms with Gasteiger partial charge in [-0.1, -0.05) is 31.6 Å². The molecule has 0 radical (unpaired) electrons. The number of allylic oxidation sites excluding steroid dienone is 1. The Hall–Kier alpha value is -1.35. The Kier molecular flexibility index (Phi) is 8.06. The van der Waals surface area contributed by atoms with Gasteiger partial charge in [0.05, 0.1) is 0 Å². The third-order valence-corrected chi connectivity index (χ3v) is 3.87. The lowest BCUT2D eigenvalue weighted by molar-refractivity contribution is -0.129. The van der Waals surface area contributed by atoms with Gasteiger partial charge >= 0.3 is 0 Å². The molecule has 0 aromatic heterocycles. The fraction of sp³-hybridized carbons (Fsp3) is 0.471. The summed E-state index contributed by atoms with van der Waals surface area (Å²) in [5, 5.41) is 0. The summed E-state index contributed by atoms with van der Waals surface area (Å²) >= 11 is 5.68. The number of hydrogen-bond donors (Lipinski definition) is 0. The van der Waals surface area contributed by atoms with Crippen LogP contribution < -0.4 is 0 Å². The highest BCUT2D eigenvalue weighted by Crippen LogP contribution is 2.16. The van der Waals surface area contributed by atoms with Crippen molar-refractivity contribution in [1.29, 1.82) is 0 Å². The third-order valence-electron chi connectivity index (χ3n) is 3.64. The van der Waals surface area contributed by atoms with Gasteiger partial charge in [-0.25, -0.2) is 4.39 Å². The van der Waals surface area contributed by atoms with Gasteiger partial charge in [-0.2, -0.15) is 0 Å². The average molecular weight is 312 g/mol. The van der Waals surface area contributed by atoms with E-state index in [1.165, 1.54) is 12.1 Å². The Balaban J connectivity index is 2.65. The van der Waals surface area contributed by atoms with Gasteiger partial charge in [0.1, 0.15) is 11.7 Å². The van der Waals surface area contributed by atoms with Crippen LogP contribution in [0.15, 0.2) is 36.9 Å². The summed E-state index contributed by atoms with van der Waals surface area (Å²) < 4.78 is 12.9. The first-order chi connectivity index (χ1) is 10.1. The van der Waals surface area contributed by atoms with E-state index in [9.17, 15) is 9.18 Å². The molecule has 116 valence electrons. The zero-order chi connectivity index (χ0) is 15.7. The summed E-state index contributed by atoms with van der Waals surface area (Å²) in [5.41, 5.74) is 0.909. The second-order valence-corrected chi connectivity index (χ2v) is 5.43. The van der Waals surface area contributed by atoms with E-state index in [1.807, 2.05) is 6.08 Å². The number of carbonyl (C=O) groups is 1. The molecule has 1 unspecified atom stereocenters. The van der Waals surface area contributed by atoms with Crippen LogP contribution in [0.1, 0.15) is 31.7 Å². The monoisotopic (exact) mass is 311 g/mol. The number of benzene rings is 1. The van der Waals surface area contributed by atoms with Crippen LogP contribution >= 0.6 is 11.6 Å². The molecule has 1 aromatic carbocycles. The molecule has 1 rings (SSSR count). The van der Waals surface area contributed by atoms with E-state index in [0.29, 0.717) is 19.0 Å². The number of amides is 1. The highest BCUT2D eigenvalue weighted by atomic mass is 35.5. The normalized spacial score (nSPS) is 12.0. The molecule has 4 heteroatoms. The van der Waals surface area contributed by atoms with E-state index in [0.717, 1.165) is 24.8 Å². The summed E-state index contributed by atoms with van der Waals surface area (Å²) in [6.07, 6.45) is 4.86. The molecular formula is C17H23ClFNO. The minimum absolute atomic E-state index is 0.0283. The van der Waals surface area contributed by atoms with Gasteiger partial charge in [0.15, 0.2) is 0 Å². The fourth-order valence-electron chi connectivity index (χ4n) is 2.25. The van der Waals surface area contributed by atoms with Crippen LogP contribution in [-0.4, -0.2) is 23.2 Å². The van der Waals surface area contributed by atoms with E-state index >= 15 is 0 Å². The van der Waals surface area contributed by atoms with Crippen LogP contribution in [0.25, 0.3) is 0 Å². The second-order valence-electron chi connectivity index (χ2n) is 5.16. The van der Waals surface area contributed by atoms with Crippen molar-refractivity contribution in [2.75, 3.05) is 12.4 Å². The zero-order valence-corrected chi connectivity index (χ0v) is 13.3. The molecule has 0 aliphatic heterocycles. The van der Waals surface area contributed by atoms with E-state index < -0.39 is 0 Å². The smallest absolute Gasteiger partial charge is 0.237 e. The van der Waals surface area contributed by atoms with Crippen molar-refractivity contribution >= 4 is 17.5 Å². The van der Waals surface area contributed by atoms with Crippen LogP contribution in [0.3, 0.4) is 0 Å². The van der Waals surface area contributed by atoms with Gasteiger partial charge in [0.25, 0.3) is 0 Å². The molecule has 0 heterocycles. The maximum absolute atomic E-state index is 12.9. The average Bonchev–Trinajstić information content (AvgIpc) is 2.51. The Morgan fingerprint density at radius 1 is 1.43 bits per heavy atom. The Labute approximate surface area is 131 Å². The third kappa shape index (κ3) is 6.30. The first-order valence-electron chi connectivity index (χ1n) is 7.29. The van der Waals surface area contributed by atoms with E-state index in [1.54, 1.807) is 17.0 Å². The van der Waals surface area contributed by atoms with Gasteiger partial charge in [0.2, 0.25) is 5.91 Å². The summed E-state index contributed by atoms with van der Waals surface area (Å²) in [6, 6.07) is 6.21. The Morgan fingerprint density at radius 2 is 2.10 bits per heavy atom. The molecule has 1 amide bonds. The Morgan fingerprint density at radius 3 is 2.62 bits per heavy atom. The highest BCUT2D eigenvalue weighted by molar-refractivity contribution is 6.27. The largest absolute Gasteiger partial charge is 0.337 e. The molecule has 0 fully saturated rings. The molecule has 1 aromatic rings. The van der Waals surface area contributed by atoms with Crippen LogP contribution in [-0.2, 0) is 11.3 Å². The molecule has 0 aliphatic carbocycles. The summed E-state index contributed by atoms with van der Waals surface area (Å²) in [4.78, 5) is 13.7. The van der Waals surface area contributed by atoms with Crippen molar-refractivity contribution in [3.05, 3.63) is 48.3 Å². The number of alkyl halides is 1. The van der Waals surface area contributed by atoms with Crippen molar-refractivity contribution in [1.82, 2.24) is 4.90 Å². The number of nitrogens with zero attached hydrogens (tertiary/aromatic N) is 1. The van der Waals surface area contributed by atoms with Crippen LogP contribution in [0.4, 0.5) is 4.39 Å². The number of rotatable bonds is 9. The SMILES string of the molecule is C=CCC(CC)CCN(Cc1ccc(F)cc1)C(=O)CCl. The quantitative estimate of drug-likeness (QED) is 0.489. The first-order valence-corrected chi connectivity index (χ1v) is 7.83. The number of hydrogen-bond acceptors (Lipinski definition) is 1. The van der Waals surface area contributed by atoms with Crippen LogP contribution in [0.2, 0.25) is 0 Å². The number of halogens is 2. The van der Waals surface area contributed by atoms with E-state index in [2.05, 4.69) is 13.5 Å². The van der Waals surface area contributed by atoms with Gasteiger partial charge < -0.3 is 4.90 Å². The van der Waals surface area contributed by atoms with Crippen molar-refractivity contribution in [2.24, 2.45) is 5.92 Å². The van der Waals surface area contributed by atoms with Crippen molar-refractivity contribution in [2.45, 2.75) is 32.7 Å².